The van der Waals surface area contributed by atoms with Crippen LogP contribution in [0.3, 0.4) is 0 Å². The Labute approximate surface area is 157 Å². The van der Waals surface area contributed by atoms with E-state index in [4.69, 9.17) is 9.47 Å². The molecule has 1 heterocycles. The van der Waals surface area contributed by atoms with Crippen LogP contribution in [0.15, 0.2) is 48.8 Å². The minimum Gasteiger partial charge on any atom is -0.497 e. The molecule has 0 unspecified atom stereocenters. The van der Waals surface area contributed by atoms with Crippen LogP contribution in [-0.4, -0.2) is 39.8 Å². The minimum atomic E-state index is -0.265. The molecule has 8 heteroatoms. The largest absolute Gasteiger partial charge is 0.497 e. The highest BCUT2D eigenvalue weighted by molar-refractivity contribution is 6.05. The first-order valence-electron chi connectivity index (χ1n) is 8.67. The molecule has 1 aromatic heterocycles. The molecule has 1 amide bonds. The summed E-state index contributed by atoms with van der Waals surface area (Å²) in [5, 5.41) is 13.9. The number of unbranched alkanes of at least 4 members (excludes halogenated alkanes) is 1. The van der Waals surface area contributed by atoms with E-state index in [0.29, 0.717) is 35.0 Å². The van der Waals surface area contributed by atoms with E-state index >= 15 is 0 Å². The predicted molar refractivity (Wildman–Crippen MR) is 101 cm³/mol. The standard InChI is InChI=1S/C19H21N5O3/c1-3-4-10-27-18-9-8-16(26-2)12-17(18)21-19(25)14-6-5-7-15(11-14)24-13-20-22-23-24/h5-9,11-13H,3-4,10H2,1-2H3,(H,21,25). The summed E-state index contributed by atoms with van der Waals surface area (Å²) < 4.78 is 12.5. The second-order valence-corrected chi connectivity index (χ2v) is 5.82. The Morgan fingerprint density at radius 3 is 2.85 bits per heavy atom. The number of nitrogens with zero attached hydrogens (tertiary/aromatic N) is 4. The molecule has 2 aromatic carbocycles. The lowest BCUT2D eigenvalue weighted by molar-refractivity contribution is 0.102. The molecule has 1 N–H and O–H groups in total. The fraction of sp³-hybridized carbons (Fsp3) is 0.263. The van der Waals surface area contributed by atoms with Crippen LogP contribution in [-0.2, 0) is 0 Å². The number of methoxy groups -OCH3 is 1. The fourth-order valence-electron chi connectivity index (χ4n) is 2.45. The number of hydrogen-bond acceptors (Lipinski definition) is 6. The molecule has 0 saturated heterocycles. The predicted octanol–water partition coefficient (Wildman–Crippen LogP) is 3.10. The van der Waals surface area contributed by atoms with E-state index in [1.165, 1.54) is 11.0 Å². The van der Waals surface area contributed by atoms with Crippen molar-refractivity contribution < 1.29 is 14.3 Å². The Morgan fingerprint density at radius 1 is 1.22 bits per heavy atom. The van der Waals surface area contributed by atoms with Crippen LogP contribution in [0.5, 0.6) is 11.5 Å². The van der Waals surface area contributed by atoms with Crippen molar-refractivity contribution in [2.75, 3.05) is 19.0 Å². The summed E-state index contributed by atoms with van der Waals surface area (Å²) in [7, 11) is 1.58. The first-order valence-corrected chi connectivity index (χ1v) is 8.67. The minimum absolute atomic E-state index is 0.265. The topological polar surface area (TPSA) is 91.2 Å². The average molecular weight is 367 g/mol. The molecular formula is C19H21N5O3. The summed E-state index contributed by atoms with van der Waals surface area (Å²) in [6, 6.07) is 12.4. The van der Waals surface area contributed by atoms with E-state index in [9.17, 15) is 4.79 Å². The van der Waals surface area contributed by atoms with E-state index in [1.54, 1.807) is 43.5 Å². The number of aromatic nitrogens is 4. The lowest BCUT2D eigenvalue weighted by Crippen LogP contribution is -2.14. The SMILES string of the molecule is CCCCOc1ccc(OC)cc1NC(=O)c1cccc(-n2cnnn2)c1. The third-order valence-electron chi connectivity index (χ3n) is 3.91. The first-order chi connectivity index (χ1) is 13.2. The molecular weight excluding hydrogens is 346 g/mol. The normalized spacial score (nSPS) is 10.4. The van der Waals surface area contributed by atoms with Crippen LogP contribution in [0.2, 0.25) is 0 Å². The summed E-state index contributed by atoms with van der Waals surface area (Å²) in [4.78, 5) is 12.7. The van der Waals surface area contributed by atoms with Gasteiger partial charge < -0.3 is 14.8 Å². The highest BCUT2D eigenvalue weighted by Gasteiger charge is 2.13. The van der Waals surface area contributed by atoms with Crippen molar-refractivity contribution in [1.29, 1.82) is 0 Å². The van der Waals surface area contributed by atoms with Crippen LogP contribution in [0.4, 0.5) is 5.69 Å². The van der Waals surface area contributed by atoms with Crippen molar-refractivity contribution in [3.63, 3.8) is 0 Å². The monoisotopic (exact) mass is 367 g/mol. The summed E-state index contributed by atoms with van der Waals surface area (Å²) in [5.41, 5.74) is 1.73. The Hall–Kier alpha value is -3.42. The van der Waals surface area contributed by atoms with Crippen LogP contribution < -0.4 is 14.8 Å². The molecule has 0 fully saturated rings. The van der Waals surface area contributed by atoms with E-state index in [2.05, 4.69) is 27.8 Å². The fourth-order valence-corrected chi connectivity index (χ4v) is 2.45. The molecule has 0 bridgehead atoms. The van der Waals surface area contributed by atoms with Crippen LogP contribution in [0.25, 0.3) is 5.69 Å². The summed E-state index contributed by atoms with van der Waals surface area (Å²) in [6.45, 7) is 2.68. The number of nitrogens with one attached hydrogen (secondary N) is 1. The van der Waals surface area contributed by atoms with Gasteiger partial charge in [0.2, 0.25) is 0 Å². The summed E-state index contributed by atoms with van der Waals surface area (Å²) >= 11 is 0. The molecule has 0 saturated carbocycles. The zero-order valence-electron chi connectivity index (χ0n) is 15.3. The quantitative estimate of drug-likeness (QED) is 0.615. The maximum absolute atomic E-state index is 12.7. The molecule has 0 aliphatic carbocycles. The van der Waals surface area contributed by atoms with Crippen molar-refractivity contribution in [1.82, 2.24) is 20.2 Å². The lowest BCUT2D eigenvalue weighted by Gasteiger charge is -2.14. The zero-order valence-corrected chi connectivity index (χ0v) is 15.3. The Bertz CT molecular complexity index is 896. The molecule has 0 aliphatic rings. The number of carbonyl (C=O) groups excluding carboxylic acids is 1. The van der Waals surface area contributed by atoms with Gasteiger partial charge in [-0.05, 0) is 47.2 Å². The maximum atomic E-state index is 12.7. The van der Waals surface area contributed by atoms with Crippen molar-refractivity contribution in [3.8, 4) is 17.2 Å². The van der Waals surface area contributed by atoms with Gasteiger partial charge in [0, 0.05) is 11.6 Å². The highest BCUT2D eigenvalue weighted by Crippen LogP contribution is 2.30. The van der Waals surface area contributed by atoms with E-state index in [-0.39, 0.29) is 5.91 Å². The molecule has 0 aliphatic heterocycles. The van der Waals surface area contributed by atoms with Crippen molar-refractivity contribution in [3.05, 3.63) is 54.4 Å². The summed E-state index contributed by atoms with van der Waals surface area (Å²) in [6.07, 6.45) is 3.44. The molecule has 140 valence electrons. The second kappa shape index (κ2) is 8.79. The van der Waals surface area contributed by atoms with Gasteiger partial charge in [0.15, 0.2) is 0 Å². The number of benzene rings is 2. The highest BCUT2D eigenvalue weighted by atomic mass is 16.5. The second-order valence-electron chi connectivity index (χ2n) is 5.82. The molecule has 0 spiro atoms. The molecule has 27 heavy (non-hydrogen) atoms. The van der Waals surface area contributed by atoms with E-state index in [1.807, 2.05) is 6.07 Å². The van der Waals surface area contributed by atoms with E-state index in [0.717, 1.165) is 12.8 Å². The van der Waals surface area contributed by atoms with Crippen molar-refractivity contribution in [2.24, 2.45) is 0 Å². The Kier molecular flexibility index (Phi) is 5.98. The first kappa shape index (κ1) is 18.4. The number of amides is 1. The summed E-state index contributed by atoms with van der Waals surface area (Å²) in [5.74, 6) is 0.975. The van der Waals surface area contributed by atoms with Crippen molar-refractivity contribution in [2.45, 2.75) is 19.8 Å². The van der Waals surface area contributed by atoms with Gasteiger partial charge in [0.05, 0.1) is 25.1 Å². The Morgan fingerprint density at radius 2 is 2.11 bits per heavy atom. The maximum Gasteiger partial charge on any atom is 0.255 e. The van der Waals surface area contributed by atoms with Crippen molar-refractivity contribution >= 4 is 11.6 Å². The molecule has 0 radical (unpaired) electrons. The number of carbonyl (C=O) groups is 1. The third-order valence-corrected chi connectivity index (χ3v) is 3.91. The van der Waals surface area contributed by atoms with Crippen LogP contribution in [0, 0.1) is 0 Å². The number of anilines is 1. The van der Waals surface area contributed by atoms with Gasteiger partial charge in [-0.1, -0.05) is 19.4 Å². The van der Waals surface area contributed by atoms with Gasteiger partial charge in [-0.3, -0.25) is 4.79 Å². The number of rotatable bonds is 8. The van der Waals surface area contributed by atoms with Gasteiger partial charge in [-0.15, -0.1) is 5.10 Å². The van der Waals surface area contributed by atoms with Gasteiger partial charge >= 0.3 is 0 Å². The Balaban J connectivity index is 1.81. The molecule has 8 nitrogen and oxygen atoms in total. The molecule has 3 rings (SSSR count). The van der Waals surface area contributed by atoms with Crippen LogP contribution in [0.1, 0.15) is 30.1 Å². The van der Waals surface area contributed by atoms with Crippen LogP contribution >= 0.6 is 0 Å². The lowest BCUT2D eigenvalue weighted by atomic mass is 10.1. The molecule has 3 aromatic rings. The zero-order chi connectivity index (χ0) is 19.1. The van der Waals surface area contributed by atoms with E-state index < -0.39 is 0 Å². The average Bonchev–Trinajstić information content (AvgIpc) is 3.24. The third kappa shape index (κ3) is 4.60. The molecule has 0 atom stereocenters. The smallest absolute Gasteiger partial charge is 0.255 e. The number of ether oxygens (including phenoxy) is 2. The number of tetrazole rings is 1. The number of hydrogen-bond donors (Lipinski definition) is 1. The van der Waals surface area contributed by atoms with Gasteiger partial charge in [0.1, 0.15) is 17.8 Å². The van der Waals surface area contributed by atoms with Gasteiger partial charge in [-0.25, -0.2) is 4.68 Å². The van der Waals surface area contributed by atoms with Gasteiger partial charge in [-0.2, -0.15) is 0 Å². The van der Waals surface area contributed by atoms with Gasteiger partial charge in [0.25, 0.3) is 5.91 Å².